The Bertz CT molecular complexity index is 586. The summed E-state index contributed by atoms with van der Waals surface area (Å²) in [5, 5.41) is 13.4. The molecular formula is C14H19N3O5. The number of hydrogen-bond donors (Lipinski definition) is 2. The molecule has 8 nitrogen and oxygen atoms in total. The first-order valence-electron chi connectivity index (χ1n) is 6.68. The van der Waals surface area contributed by atoms with Crippen molar-refractivity contribution in [2.75, 3.05) is 12.4 Å². The van der Waals surface area contributed by atoms with Crippen LogP contribution in [0.3, 0.4) is 0 Å². The van der Waals surface area contributed by atoms with E-state index >= 15 is 0 Å². The van der Waals surface area contributed by atoms with Gasteiger partial charge in [-0.15, -0.1) is 0 Å². The summed E-state index contributed by atoms with van der Waals surface area (Å²) < 4.78 is 4.53. The molecule has 0 aliphatic heterocycles. The van der Waals surface area contributed by atoms with Gasteiger partial charge in [0.25, 0.3) is 5.69 Å². The number of rotatable bonds is 6. The van der Waals surface area contributed by atoms with Gasteiger partial charge in [0.2, 0.25) is 5.91 Å². The first-order chi connectivity index (χ1) is 10.2. The largest absolute Gasteiger partial charge is 0.465 e. The molecule has 1 aromatic rings. The Hall–Kier alpha value is -2.48. The van der Waals surface area contributed by atoms with Crippen molar-refractivity contribution < 1.29 is 19.2 Å². The number of carbonyl (C=O) groups is 2. The SMILES string of the molecule is COC(=O)c1cc(NC(=O)[C@@H](N)CC(C)C)cc([N+](=O)[O-])c1. The number of amides is 1. The Morgan fingerprint density at radius 1 is 1.36 bits per heavy atom. The minimum absolute atomic E-state index is 0.0237. The Labute approximate surface area is 127 Å². The van der Waals surface area contributed by atoms with Crippen LogP contribution in [0, 0.1) is 16.0 Å². The topological polar surface area (TPSA) is 125 Å². The molecule has 120 valence electrons. The van der Waals surface area contributed by atoms with E-state index in [9.17, 15) is 19.7 Å². The molecule has 0 radical (unpaired) electrons. The molecule has 0 aliphatic rings. The van der Waals surface area contributed by atoms with Crippen LogP contribution in [0.25, 0.3) is 0 Å². The summed E-state index contributed by atoms with van der Waals surface area (Å²) in [5.41, 5.74) is 5.53. The van der Waals surface area contributed by atoms with Crippen molar-refractivity contribution in [3.8, 4) is 0 Å². The molecule has 0 saturated heterocycles. The van der Waals surface area contributed by atoms with E-state index in [-0.39, 0.29) is 22.9 Å². The summed E-state index contributed by atoms with van der Waals surface area (Å²) in [7, 11) is 1.16. The number of methoxy groups -OCH3 is 1. The number of nitrogens with one attached hydrogen (secondary N) is 1. The molecular weight excluding hydrogens is 290 g/mol. The Balaban J connectivity index is 3.03. The van der Waals surface area contributed by atoms with Crippen LogP contribution < -0.4 is 11.1 Å². The molecule has 0 aliphatic carbocycles. The van der Waals surface area contributed by atoms with Crippen LogP contribution in [0.2, 0.25) is 0 Å². The zero-order valence-corrected chi connectivity index (χ0v) is 12.7. The molecule has 0 aromatic heterocycles. The molecule has 0 heterocycles. The maximum absolute atomic E-state index is 12.0. The number of nitro groups is 1. The molecule has 22 heavy (non-hydrogen) atoms. The maximum Gasteiger partial charge on any atom is 0.338 e. The van der Waals surface area contributed by atoms with Crippen LogP contribution in [0.5, 0.6) is 0 Å². The smallest absolute Gasteiger partial charge is 0.338 e. The average molecular weight is 309 g/mol. The monoisotopic (exact) mass is 309 g/mol. The second kappa shape index (κ2) is 7.51. The number of hydrogen-bond acceptors (Lipinski definition) is 6. The van der Waals surface area contributed by atoms with Crippen molar-refractivity contribution in [1.29, 1.82) is 0 Å². The minimum atomic E-state index is -0.735. The van der Waals surface area contributed by atoms with Gasteiger partial charge in [-0.25, -0.2) is 4.79 Å². The van der Waals surface area contributed by atoms with E-state index < -0.39 is 22.8 Å². The summed E-state index contributed by atoms with van der Waals surface area (Å²) >= 11 is 0. The number of nitrogens with two attached hydrogens (primary N) is 1. The third kappa shape index (κ3) is 4.81. The molecule has 3 N–H and O–H groups in total. The summed E-state index contributed by atoms with van der Waals surface area (Å²) in [6.45, 7) is 3.85. The van der Waals surface area contributed by atoms with E-state index in [1.807, 2.05) is 13.8 Å². The van der Waals surface area contributed by atoms with E-state index in [2.05, 4.69) is 10.1 Å². The zero-order chi connectivity index (χ0) is 16.9. The van der Waals surface area contributed by atoms with Crippen molar-refractivity contribution in [3.05, 3.63) is 33.9 Å². The van der Waals surface area contributed by atoms with Crippen molar-refractivity contribution in [2.45, 2.75) is 26.3 Å². The molecule has 0 fully saturated rings. The summed E-state index contributed by atoms with van der Waals surface area (Å²) in [6.07, 6.45) is 0.477. The van der Waals surface area contributed by atoms with Crippen LogP contribution in [0.1, 0.15) is 30.6 Å². The van der Waals surface area contributed by atoms with Gasteiger partial charge in [-0.1, -0.05) is 13.8 Å². The maximum atomic E-state index is 12.0. The number of anilines is 1. The number of non-ortho nitro benzene ring substituents is 1. The molecule has 0 spiro atoms. The second-order valence-corrected chi connectivity index (χ2v) is 5.24. The number of nitrogens with zero attached hydrogens (tertiary/aromatic N) is 1. The number of ether oxygens (including phenoxy) is 1. The van der Waals surface area contributed by atoms with Gasteiger partial charge in [0.05, 0.1) is 23.6 Å². The highest BCUT2D eigenvalue weighted by atomic mass is 16.6. The van der Waals surface area contributed by atoms with E-state index in [4.69, 9.17) is 5.73 Å². The lowest BCUT2D eigenvalue weighted by Gasteiger charge is -2.14. The lowest BCUT2D eigenvalue weighted by Crippen LogP contribution is -2.36. The number of benzene rings is 1. The Morgan fingerprint density at radius 3 is 2.50 bits per heavy atom. The highest BCUT2D eigenvalue weighted by molar-refractivity contribution is 5.97. The molecule has 8 heteroatoms. The van der Waals surface area contributed by atoms with E-state index in [1.165, 1.54) is 6.07 Å². The Morgan fingerprint density at radius 2 is 2.00 bits per heavy atom. The lowest BCUT2D eigenvalue weighted by molar-refractivity contribution is -0.384. The number of esters is 1. The summed E-state index contributed by atoms with van der Waals surface area (Å²) in [6, 6.07) is 2.81. The summed E-state index contributed by atoms with van der Waals surface area (Å²) in [4.78, 5) is 33.7. The molecule has 1 atom stereocenters. The predicted octanol–water partition coefficient (Wildman–Crippen LogP) is 1.69. The Kier molecular flexibility index (Phi) is 6.00. The molecule has 0 saturated carbocycles. The average Bonchev–Trinajstić information content (AvgIpc) is 2.45. The molecule has 1 aromatic carbocycles. The van der Waals surface area contributed by atoms with Crippen molar-refractivity contribution in [3.63, 3.8) is 0 Å². The quantitative estimate of drug-likeness (QED) is 0.468. The minimum Gasteiger partial charge on any atom is -0.465 e. The van der Waals surface area contributed by atoms with E-state index in [0.717, 1.165) is 19.2 Å². The number of nitro benzene ring substituents is 1. The van der Waals surface area contributed by atoms with Crippen LogP contribution >= 0.6 is 0 Å². The van der Waals surface area contributed by atoms with E-state index in [0.29, 0.717) is 6.42 Å². The van der Waals surface area contributed by atoms with E-state index in [1.54, 1.807) is 0 Å². The lowest BCUT2D eigenvalue weighted by atomic mass is 10.0. The predicted molar refractivity (Wildman–Crippen MR) is 80.5 cm³/mol. The first kappa shape index (κ1) is 17.6. The van der Waals surface area contributed by atoms with Gasteiger partial charge in [-0.2, -0.15) is 0 Å². The molecule has 0 unspecified atom stereocenters. The first-order valence-corrected chi connectivity index (χ1v) is 6.68. The fourth-order valence-electron chi connectivity index (χ4n) is 1.87. The molecule has 0 bridgehead atoms. The van der Waals surface area contributed by atoms with Crippen LogP contribution in [0.15, 0.2) is 18.2 Å². The van der Waals surface area contributed by atoms with Crippen LogP contribution in [-0.2, 0) is 9.53 Å². The number of carbonyl (C=O) groups excluding carboxylic acids is 2. The van der Waals surface area contributed by atoms with Crippen LogP contribution in [-0.4, -0.2) is 30.0 Å². The van der Waals surface area contributed by atoms with Crippen LogP contribution in [0.4, 0.5) is 11.4 Å². The fraction of sp³-hybridized carbons (Fsp3) is 0.429. The van der Waals surface area contributed by atoms with Gasteiger partial charge >= 0.3 is 5.97 Å². The highest BCUT2D eigenvalue weighted by Crippen LogP contribution is 2.22. The van der Waals surface area contributed by atoms with Crippen molar-refractivity contribution in [1.82, 2.24) is 0 Å². The normalized spacial score (nSPS) is 11.9. The molecule has 1 amide bonds. The van der Waals surface area contributed by atoms with Gasteiger partial charge in [-0.3, -0.25) is 14.9 Å². The van der Waals surface area contributed by atoms with Gasteiger partial charge < -0.3 is 15.8 Å². The van der Waals surface area contributed by atoms with Crippen molar-refractivity contribution >= 4 is 23.3 Å². The van der Waals surface area contributed by atoms with Gasteiger partial charge in [0, 0.05) is 17.8 Å². The van der Waals surface area contributed by atoms with Gasteiger partial charge in [0.15, 0.2) is 0 Å². The second-order valence-electron chi connectivity index (χ2n) is 5.24. The third-order valence-electron chi connectivity index (χ3n) is 2.88. The molecule has 1 rings (SSSR count). The third-order valence-corrected chi connectivity index (χ3v) is 2.88. The highest BCUT2D eigenvalue weighted by Gasteiger charge is 2.19. The summed E-state index contributed by atoms with van der Waals surface area (Å²) in [5.74, 6) is -0.966. The van der Waals surface area contributed by atoms with Crippen molar-refractivity contribution in [2.24, 2.45) is 11.7 Å². The fourth-order valence-corrected chi connectivity index (χ4v) is 1.87. The standard InChI is InChI=1S/C14H19N3O5/c1-8(2)4-12(15)13(18)16-10-5-9(14(19)22-3)6-11(7-10)17(20)21/h5-8,12H,4,15H2,1-3H3,(H,16,18)/t12-/m0/s1. The zero-order valence-electron chi connectivity index (χ0n) is 12.7. The van der Waals surface area contributed by atoms with Gasteiger partial charge in [0.1, 0.15) is 0 Å². The van der Waals surface area contributed by atoms with Gasteiger partial charge in [-0.05, 0) is 18.4 Å².